The van der Waals surface area contributed by atoms with Crippen LogP contribution in [0, 0.1) is 29.1 Å². The summed E-state index contributed by atoms with van der Waals surface area (Å²) in [6.07, 6.45) is 3.31. The van der Waals surface area contributed by atoms with Crippen molar-refractivity contribution in [1.29, 1.82) is 0 Å². The van der Waals surface area contributed by atoms with Crippen LogP contribution >= 0.6 is 23.2 Å². The van der Waals surface area contributed by atoms with Crippen molar-refractivity contribution < 1.29 is 36.2 Å². The lowest BCUT2D eigenvalue weighted by Crippen LogP contribution is -2.25. The molecule has 0 radical (unpaired) electrons. The zero-order valence-corrected chi connectivity index (χ0v) is 22.4. The highest BCUT2D eigenvalue weighted by molar-refractivity contribution is 6.42. The Morgan fingerprint density at radius 3 is 2.23 bits per heavy atom. The predicted octanol–water partition coefficient (Wildman–Crippen LogP) is 7.81. The van der Waals surface area contributed by atoms with Crippen LogP contribution in [0.1, 0.15) is 23.6 Å². The van der Waals surface area contributed by atoms with Gasteiger partial charge in [0, 0.05) is 5.56 Å². The highest BCUT2D eigenvalue weighted by Crippen LogP contribution is 2.37. The van der Waals surface area contributed by atoms with E-state index in [9.17, 15) is 26.7 Å². The second-order valence-electron chi connectivity index (χ2n) is 8.52. The Balaban J connectivity index is 1.70. The molecular weight excluding hydrogens is 578 g/mol. The average molecular weight is 597 g/mol. The largest absolute Gasteiger partial charge is 0.493 e. The van der Waals surface area contributed by atoms with E-state index in [1.807, 2.05) is 0 Å². The van der Waals surface area contributed by atoms with Gasteiger partial charge in [0.15, 0.2) is 34.8 Å². The van der Waals surface area contributed by atoms with Gasteiger partial charge in [-0.05, 0) is 54.8 Å². The molecule has 5 nitrogen and oxygen atoms in total. The van der Waals surface area contributed by atoms with Gasteiger partial charge in [0.1, 0.15) is 12.3 Å². The summed E-state index contributed by atoms with van der Waals surface area (Å²) < 4.78 is 81.3. The monoisotopic (exact) mass is 596 g/mol. The first kappa shape index (κ1) is 29.1. The zero-order chi connectivity index (χ0) is 29.3. The standard InChI is InChI=1S/C28H19Cl2F5N2O3/c1-4-5-16-8-15(11-20(39-3)27(16)40-12-14-6-7-18(29)19(30)10-14)9-17-13(2)36-37(28(17)38)26-24(34)22(32)21(31)23(33)25(26)35/h4,6-11H,1,5,12H2,2-3H3/b17-9+. The van der Waals surface area contributed by atoms with E-state index in [1.54, 1.807) is 36.4 Å². The van der Waals surface area contributed by atoms with E-state index in [2.05, 4.69) is 11.7 Å². The van der Waals surface area contributed by atoms with E-state index in [-0.39, 0.29) is 22.9 Å². The van der Waals surface area contributed by atoms with Gasteiger partial charge in [-0.15, -0.1) is 6.58 Å². The number of allylic oxidation sites excluding steroid dienone is 1. The van der Waals surface area contributed by atoms with Gasteiger partial charge >= 0.3 is 0 Å². The van der Waals surface area contributed by atoms with Crippen molar-refractivity contribution in [3.05, 3.63) is 104 Å². The summed E-state index contributed by atoms with van der Waals surface area (Å²) in [6.45, 7) is 5.22. The van der Waals surface area contributed by atoms with Crippen molar-refractivity contribution in [1.82, 2.24) is 0 Å². The van der Waals surface area contributed by atoms with Crippen molar-refractivity contribution >= 4 is 46.6 Å². The Morgan fingerprint density at radius 2 is 1.62 bits per heavy atom. The van der Waals surface area contributed by atoms with Gasteiger partial charge in [-0.2, -0.15) is 10.1 Å². The smallest absolute Gasteiger partial charge is 0.280 e. The zero-order valence-electron chi connectivity index (χ0n) is 20.9. The second kappa shape index (κ2) is 11.7. The van der Waals surface area contributed by atoms with Crippen molar-refractivity contribution in [3.63, 3.8) is 0 Å². The molecule has 0 fully saturated rings. The Bertz CT molecular complexity index is 1580. The van der Waals surface area contributed by atoms with Crippen LogP contribution in [0.3, 0.4) is 0 Å². The Morgan fingerprint density at radius 1 is 0.975 bits per heavy atom. The number of carbonyl (C=O) groups is 1. The van der Waals surface area contributed by atoms with E-state index in [4.69, 9.17) is 32.7 Å². The van der Waals surface area contributed by atoms with Gasteiger partial charge in [-0.1, -0.05) is 35.3 Å². The summed E-state index contributed by atoms with van der Waals surface area (Å²) >= 11 is 12.1. The summed E-state index contributed by atoms with van der Waals surface area (Å²) in [5.74, 6) is -11.5. The number of rotatable bonds is 8. The molecule has 0 unspecified atom stereocenters. The average Bonchev–Trinajstić information content (AvgIpc) is 3.20. The lowest BCUT2D eigenvalue weighted by Gasteiger charge is -2.17. The molecule has 4 rings (SSSR count). The first-order chi connectivity index (χ1) is 19.0. The molecule has 0 spiro atoms. The van der Waals surface area contributed by atoms with Crippen molar-refractivity contribution in [2.75, 3.05) is 12.1 Å². The van der Waals surface area contributed by atoms with Gasteiger partial charge in [-0.25, -0.2) is 22.0 Å². The molecule has 1 amide bonds. The topological polar surface area (TPSA) is 51.1 Å². The number of nitrogens with zero attached hydrogens (tertiary/aromatic N) is 2. The number of halogens is 7. The Labute approximate surface area is 235 Å². The number of carbonyl (C=O) groups excluding carboxylic acids is 1. The van der Waals surface area contributed by atoms with Crippen LogP contribution < -0.4 is 14.5 Å². The van der Waals surface area contributed by atoms with Crippen LogP contribution in [0.25, 0.3) is 6.08 Å². The molecule has 0 saturated carbocycles. The molecule has 1 aliphatic heterocycles. The molecule has 0 bridgehead atoms. The molecule has 3 aromatic carbocycles. The molecule has 40 heavy (non-hydrogen) atoms. The normalized spacial score (nSPS) is 14.1. The number of amides is 1. The summed E-state index contributed by atoms with van der Waals surface area (Å²) in [4.78, 5) is 13.1. The predicted molar refractivity (Wildman–Crippen MR) is 142 cm³/mol. The first-order valence-corrected chi connectivity index (χ1v) is 12.3. The number of methoxy groups -OCH3 is 1. The molecule has 12 heteroatoms. The van der Waals surface area contributed by atoms with Crippen LogP contribution in [-0.2, 0) is 17.8 Å². The third kappa shape index (κ3) is 5.41. The number of benzene rings is 3. The van der Waals surface area contributed by atoms with E-state index in [0.29, 0.717) is 39.1 Å². The Kier molecular flexibility index (Phi) is 8.51. The van der Waals surface area contributed by atoms with Crippen molar-refractivity contribution in [3.8, 4) is 11.5 Å². The molecule has 1 heterocycles. The number of ether oxygens (including phenoxy) is 2. The molecule has 0 aromatic heterocycles. The van der Waals surface area contributed by atoms with Gasteiger partial charge < -0.3 is 9.47 Å². The van der Waals surface area contributed by atoms with Crippen LogP contribution in [0.15, 0.2) is 53.7 Å². The summed E-state index contributed by atoms with van der Waals surface area (Å²) in [5.41, 5.74) is 0.146. The molecule has 1 aliphatic rings. The maximum atomic E-state index is 14.4. The van der Waals surface area contributed by atoms with Gasteiger partial charge in [-0.3, -0.25) is 4.79 Å². The number of hydrazone groups is 1. The lowest BCUT2D eigenvalue weighted by molar-refractivity contribution is -0.114. The van der Waals surface area contributed by atoms with Crippen molar-refractivity contribution in [2.45, 2.75) is 20.0 Å². The van der Waals surface area contributed by atoms with Crippen LogP contribution in [0.4, 0.5) is 27.6 Å². The SMILES string of the molecule is C=CCc1cc(/C=C2/C(=O)N(c3c(F)c(F)c(F)c(F)c3F)N=C2C)cc(OC)c1OCc1ccc(Cl)c(Cl)c1. The molecule has 0 aliphatic carbocycles. The molecule has 0 N–H and O–H groups in total. The van der Waals surface area contributed by atoms with Crippen molar-refractivity contribution in [2.24, 2.45) is 5.10 Å². The fourth-order valence-corrected chi connectivity index (χ4v) is 4.28. The minimum absolute atomic E-state index is 0.0156. The fraction of sp³-hybridized carbons (Fsp3) is 0.143. The first-order valence-electron chi connectivity index (χ1n) is 11.5. The summed E-state index contributed by atoms with van der Waals surface area (Å²) in [7, 11) is 1.41. The summed E-state index contributed by atoms with van der Waals surface area (Å²) in [6, 6.07) is 8.26. The van der Waals surface area contributed by atoms with E-state index >= 15 is 0 Å². The quantitative estimate of drug-likeness (QED) is 0.0876. The van der Waals surface area contributed by atoms with Gasteiger partial charge in [0.05, 0.1) is 28.4 Å². The number of hydrogen-bond donors (Lipinski definition) is 0. The summed E-state index contributed by atoms with van der Waals surface area (Å²) in [5, 5.41) is 4.65. The molecule has 3 aromatic rings. The van der Waals surface area contributed by atoms with Crippen LogP contribution in [-0.4, -0.2) is 18.7 Å². The molecule has 208 valence electrons. The second-order valence-corrected chi connectivity index (χ2v) is 9.33. The van der Waals surface area contributed by atoms with Crippen LogP contribution in [0.2, 0.25) is 10.0 Å². The number of hydrogen-bond acceptors (Lipinski definition) is 4. The third-order valence-electron chi connectivity index (χ3n) is 5.88. The molecule has 0 atom stereocenters. The number of anilines is 1. The van der Waals surface area contributed by atoms with E-state index in [0.717, 1.165) is 5.56 Å². The Hall–Kier alpha value is -3.89. The third-order valence-corrected chi connectivity index (χ3v) is 6.62. The highest BCUT2D eigenvalue weighted by atomic mass is 35.5. The highest BCUT2D eigenvalue weighted by Gasteiger charge is 2.37. The minimum atomic E-state index is -2.34. The maximum Gasteiger partial charge on any atom is 0.280 e. The molecule has 0 saturated heterocycles. The molecular formula is C28H19Cl2F5N2O3. The fourth-order valence-electron chi connectivity index (χ4n) is 3.96. The van der Waals surface area contributed by atoms with Gasteiger partial charge in [0.25, 0.3) is 5.91 Å². The lowest BCUT2D eigenvalue weighted by atomic mass is 10.0. The van der Waals surface area contributed by atoms with Gasteiger partial charge in [0.2, 0.25) is 5.82 Å². The maximum absolute atomic E-state index is 14.4. The van der Waals surface area contributed by atoms with E-state index < -0.39 is 40.7 Å². The van der Waals surface area contributed by atoms with E-state index in [1.165, 1.54) is 20.1 Å². The minimum Gasteiger partial charge on any atom is -0.493 e. The van der Waals surface area contributed by atoms with Crippen LogP contribution in [0.5, 0.6) is 11.5 Å².